The van der Waals surface area contributed by atoms with E-state index in [1.807, 2.05) is 35.0 Å². The quantitative estimate of drug-likeness (QED) is 0.117. The first-order chi connectivity index (χ1) is 20.8. The second-order valence-corrected chi connectivity index (χ2v) is 9.90. The fourth-order valence-corrected chi connectivity index (χ4v) is 4.96. The van der Waals surface area contributed by atoms with Gasteiger partial charge in [0.25, 0.3) is 5.69 Å². The summed E-state index contributed by atoms with van der Waals surface area (Å²) in [7, 11) is 0. The number of rotatable bonds is 13. The highest BCUT2D eigenvalue weighted by Crippen LogP contribution is 2.41. The van der Waals surface area contributed by atoms with E-state index in [1.165, 1.54) is 23.8 Å². The van der Waals surface area contributed by atoms with Crippen molar-refractivity contribution in [3.63, 3.8) is 0 Å². The van der Waals surface area contributed by atoms with E-state index in [2.05, 4.69) is 22.1 Å². The number of carbonyl (C=O) groups excluding carboxylic acids is 2. The number of nitro groups is 1. The van der Waals surface area contributed by atoms with Crippen LogP contribution in [-0.2, 0) is 30.3 Å². The van der Waals surface area contributed by atoms with E-state index >= 15 is 0 Å². The molecule has 1 aliphatic rings. The normalized spacial score (nSPS) is 16.7. The van der Waals surface area contributed by atoms with E-state index < -0.39 is 28.7 Å². The maximum Gasteiger partial charge on any atom is 0.336 e. The molecule has 2 atom stereocenters. The Hall–Kier alpha value is -4.90. The maximum atomic E-state index is 13.3. The van der Waals surface area contributed by atoms with Crippen LogP contribution < -0.4 is 0 Å². The number of benzene rings is 2. The lowest BCUT2D eigenvalue weighted by molar-refractivity contribution is -0.384. The summed E-state index contributed by atoms with van der Waals surface area (Å²) in [6.45, 7) is 6.34. The van der Waals surface area contributed by atoms with Crippen LogP contribution >= 0.6 is 0 Å². The molecule has 11 heteroatoms. The van der Waals surface area contributed by atoms with Crippen LogP contribution in [0.5, 0.6) is 0 Å². The van der Waals surface area contributed by atoms with Gasteiger partial charge >= 0.3 is 11.9 Å². The van der Waals surface area contributed by atoms with Crippen LogP contribution in [0.25, 0.3) is 6.08 Å². The number of hydrogen-bond acceptors (Lipinski definition) is 9. The van der Waals surface area contributed by atoms with Crippen molar-refractivity contribution in [3.05, 3.63) is 111 Å². The lowest BCUT2D eigenvalue weighted by Crippen LogP contribution is -2.36. The standard InChI is InChI=1S/C32H34N4O7/c1-4-42-31(37)28-22(2)34-23(3)29(30(28)26-8-5-9-27(19-26)36(39)40)32(38)43-18-17-41-16-6-7-24-10-12-25(13-11-24)20-35-15-14-33-21-35/h5-15,19,21,28,30H,4,16-18,20H2,1-3H3. The summed E-state index contributed by atoms with van der Waals surface area (Å²) >= 11 is 0. The third-order valence-electron chi connectivity index (χ3n) is 6.92. The summed E-state index contributed by atoms with van der Waals surface area (Å²) in [6, 6.07) is 14.0. The van der Waals surface area contributed by atoms with E-state index in [0.717, 1.165) is 12.1 Å². The molecule has 0 saturated carbocycles. The summed E-state index contributed by atoms with van der Waals surface area (Å²) in [6.07, 6.45) is 9.27. The first-order valence-electron chi connectivity index (χ1n) is 13.9. The van der Waals surface area contributed by atoms with Crippen molar-refractivity contribution < 1.29 is 28.7 Å². The monoisotopic (exact) mass is 586 g/mol. The van der Waals surface area contributed by atoms with Gasteiger partial charge in [0, 0.05) is 48.4 Å². The van der Waals surface area contributed by atoms with Gasteiger partial charge in [-0.2, -0.15) is 0 Å². The molecule has 2 aromatic carbocycles. The third kappa shape index (κ3) is 8.10. The first kappa shape index (κ1) is 31.0. The number of hydrogen-bond donors (Lipinski definition) is 0. The Morgan fingerprint density at radius 1 is 1.09 bits per heavy atom. The van der Waals surface area contributed by atoms with Gasteiger partial charge in [0.15, 0.2) is 0 Å². The van der Waals surface area contributed by atoms with E-state index in [4.69, 9.17) is 14.2 Å². The highest BCUT2D eigenvalue weighted by molar-refractivity contribution is 6.07. The predicted molar refractivity (Wildman–Crippen MR) is 160 cm³/mol. The summed E-state index contributed by atoms with van der Waals surface area (Å²) in [4.78, 5) is 45.8. The maximum absolute atomic E-state index is 13.3. The Kier molecular flexibility index (Phi) is 10.7. The second-order valence-electron chi connectivity index (χ2n) is 9.90. The number of imidazole rings is 1. The van der Waals surface area contributed by atoms with Gasteiger partial charge in [-0.3, -0.25) is 19.9 Å². The van der Waals surface area contributed by atoms with Gasteiger partial charge in [-0.25, -0.2) is 9.78 Å². The minimum atomic E-state index is -0.936. The second kappa shape index (κ2) is 14.8. The van der Waals surface area contributed by atoms with Crippen molar-refractivity contribution in [2.75, 3.05) is 26.4 Å². The number of nitro benzene ring substituents is 1. The number of aromatic nitrogens is 2. The van der Waals surface area contributed by atoms with Gasteiger partial charge < -0.3 is 18.8 Å². The number of allylic oxidation sites excluding steroid dienone is 1. The molecule has 0 fully saturated rings. The molecule has 0 radical (unpaired) electrons. The Morgan fingerprint density at radius 3 is 2.58 bits per heavy atom. The topological polar surface area (TPSA) is 135 Å². The minimum Gasteiger partial charge on any atom is -0.465 e. The SMILES string of the molecule is CCOC(=O)C1C(C)=NC(C)=C(C(=O)OCCOCC=Cc2ccc(Cn3ccnc3)cc2)C1c1cccc([N+](=O)[O-])c1. The minimum absolute atomic E-state index is 0.0270. The molecule has 2 unspecified atom stereocenters. The molecular formula is C32H34N4O7. The number of carbonyl (C=O) groups is 2. The van der Waals surface area contributed by atoms with E-state index in [1.54, 1.807) is 39.4 Å². The van der Waals surface area contributed by atoms with Crippen molar-refractivity contribution >= 4 is 29.4 Å². The van der Waals surface area contributed by atoms with Crippen LogP contribution in [0.15, 0.2) is 89.6 Å². The van der Waals surface area contributed by atoms with Crippen LogP contribution in [-0.4, -0.2) is 58.6 Å². The van der Waals surface area contributed by atoms with Crippen LogP contribution in [0.4, 0.5) is 5.69 Å². The number of esters is 2. The zero-order valence-electron chi connectivity index (χ0n) is 24.3. The van der Waals surface area contributed by atoms with Crippen LogP contribution in [0.1, 0.15) is 43.4 Å². The largest absolute Gasteiger partial charge is 0.465 e. The molecule has 224 valence electrons. The molecule has 2 heterocycles. The molecule has 0 N–H and O–H groups in total. The number of non-ortho nitro benzene ring substituents is 1. The highest BCUT2D eigenvalue weighted by Gasteiger charge is 2.42. The van der Waals surface area contributed by atoms with Crippen molar-refractivity contribution in [2.24, 2.45) is 10.9 Å². The summed E-state index contributed by atoms with van der Waals surface area (Å²) < 4.78 is 18.4. The van der Waals surface area contributed by atoms with Crippen LogP contribution in [0.3, 0.4) is 0 Å². The Labute approximate surface area is 249 Å². The molecule has 0 aliphatic carbocycles. The predicted octanol–water partition coefficient (Wildman–Crippen LogP) is 5.12. The molecule has 0 spiro atoms. The fourth-order valence-electron chi connectivity index (χ4n) is 4.96. The molecule has 1 aliphatic heterocycles. The fraction of sp³-hybridized carbons (Fsp3) is 0.312. The number of ether oxygens (including phenoxy) is 3. The van der Waals surface area contributed by atoms with Crippen LogP contribution in [0.2, 0.25) is 0 Å². The smallest absolute Gasteiger partial charge is 0.336 e. The molecular weight excluding hydrogens is 552 g/mol. The molecule has 4 rings (SSSR count). The molecule has 0 amide bonds. The van der Waals surface area contributed by atoms with Gasteiger partial charge in [-0.05, 0) is 37.5 Å². The third-order valence-corrected chi connectivity index (χ3v) is 6.92. The average molecular weight is 587 g/mol. The van der Waals surface area contributed by atoms with Gasteiger partial charge in [0.1, 0.15) is 12.5 Å². The van der Waals surface area contributed by atoms with E-state index in [9.17, 15) is 19.7 Å². The first-order valence-corrected chi connectivity index (χ1v) is 13.9. The molecule has 0 bridgehead atoms. The Bertz CT molecular complexity index is 1530. The van der Waals surface area contributed by atoms with E-state index in [0.29, 0.717) is 23.6 Å². The molecule has 43 heavy (non-hydrogen) atoms. The van der Waals surface area contributed by atoms with Gasteiger partial charge in [0.05, 0.1) is 36.6 Å². The zero-order valence-corrected chi connectivity index (χ0v) is 24.3. The summed E-state index contributed by atoms with van der Waals surface area (Å²) in [5.74, 6) is -3.04. The molecule has 11 nitrogen and oxygen atoms in total. The van der Waals surface area contributed by atoms with E-state index in [-0.39, 0.29) is 31.1 Å². The van der Waals surface area contributed by atoms with Gasteiger partial charge in [0.2, 0.25) is 0 Å². The average Bonchev–Trinajstić information content (AvgIpc) is 3.50. The molecule has 0 saturated heterocycles. The lowest BCUT2D eigenvalue weighted by atomic mass is 9.75. The number of nitrogens with zero attached hydrogens (tertiary/aromatic N) is 4. The van der Waals surface area contributed by atoms with Crippen LogP contribution in [0, 0.1) is 16.0 Å². The molecule has 1 aromatic heterocycles. The lowest BCUT2D eigenvalue weighted by Gasteiger charge is -2.31. The van der Waals surface area contributed by atoms with Gasteiger partial charge in [-0.1, -0.05) is 48.6 Å². The number of aliphatic imine (C=N–C) groups is 1. The van der Waals surface area contributed by atoms with Crippen molar-refractivity contribution in [1.29, 1.82) is 0 Å². The zero-order chi connectivity index (χ0) is 30.8. The van der Waals surface area contributed by atoms with Crippen molar-refractivity contribution in [3.8, 4) is 0 Å². The van der Waals surface area contributed by atoms with Crippen molar-refractivity contribution in [2.45, 2.75) is 33.2 Å². The Balaban J connectivity index is 1.36. The van der Waals surface area contributed by atoms with Crippen molar-refractivity contribution in [1.82, 2.24) is 9.55 Å². The summed E-state index contributed by atoms with van der Waals surface area (Å²) in [5.41, 5.74) is 3.44. The van der Waals surface area contributed by atoms with Gasteiger partial charge in [-0.15, -0.1) is 0 Å². The Morgan fingerprint density at radius 2 is 1.88 bits per heavy atom. The highest BCUT2D eigenvalue weighted by atomic mass is 16.6. The summed E-state index contributed by atoms with van der Waals surface area (Å²) in [5, 5.41) is 11.5. The molecule has 3 aromatic rings.